The van der Waals surface area contributed by atoms with Crippen LogP contribution < -0.4 is 10.9 Å². The number of nitrogens with one attached hydrogen (secondary N) is 2. The molecular weight excluding hydrogens is 254 g/mol. The van der Waals surface area contributed by atoms with Crippen molar-refractivity contribution in [3.8, 4) is 0 Å². The molecule has 5 nitrogen and oxygen atoms in total. The molecule has 0 aliphatic heterocycles. The lowest BCUT2D eigenvalue weighted by Crippen LogP contribution is -2.19. The summed E-state index contributed by atoms with van der Waals surface area (Å²) in [7, 11) is 3.93. The van der Waals surface area contributed by atoms with Crippen LogP contribution in [0.5, 0.6) is 0 Å². The van der Waals surface area contributed by atoms with Crippen LogP contribution in [0.1, 0.15) is 16.1 Å². The maximum atomic E-state index is 12.1. The molecule has 1 aromatic heterocycles. The van der Waals surface area contributed by atoms with Gasteiger partial charge in [0.25, 0.3) is 5.91 Å². The largest absolute Gasteiger partial charge is 0.320 e. The van der Waals surface area contributed by atoms with Crippen LogP contribution in [0.3, 0.4) is 0 Å². The van der Waals surface area contributed by atoms with Gasteiger partial charge in [-0.05, 0) is 31.8 Å². The van der Waals surface area contributed by atoms with Gasteiger partial charge in [-0.25, -0.2) is 0 Å². The third-order valence-electron chi connectivity index (χ3n) is 2.77. The quantitative estimate of drug-likeness (QED) is 0.889. The number of amides is 1. The predicted octanol–water partition coefficient (Wildman–Crippen LogP) is 1.69. The van der Waals surface area contributed by atoms with Crippen molar-refractivity contribution in [1.82, 2.24) is 9.88 Å². The fraction of sp³-hybridized carbons (Fsp3) is 0.200. The monoisotopic (exact) mass is 271 g/mol. The number of nitrogens with zero attached hydrogens (tertiary/aromatic N) is 1. The number of anilines is 1. The molecule has 1 aromatic carbocycles. The highest BCUT2D eigenvalue weighted by molar-refractivity contribution is 6.03. The molecule has 0 saturated heterocycles. The Bertz CT molecular complexity index is 662. The molecule has 0 bridgehead atoms. The van der Waals surface area contributed by atoms with E-state index in [0.29, 0.717) is 0 Å². The molecule has 1 heterocycles. The summed E-state index contributed by atoms with van der Waals surface area (Å²) < 4.78 is 0. The first-order valence-electron chi connectivity index (χ1n) is 6.29. The highest BCUT2D eigenvalue weighted by Crippen LogP contribution is 2.16. The molecule has 0 unspecified atom stereocenters. The fourth-order valence-electron chi connectivity index (χ4n) is 1.89. The molecule has 0 aliphatic carbocycles. The van der Waals surface area contributed by atoms with Gasteiger partial charge in [0, 0.05) is 18.3 Å². The average Bonchev–Trinajstić information content (AvgIpc) is 2.40. The Balaban J connectivity index is 2.22. The molecule has 2 aromatic rings. The summed E-state index contributed by atoms with van der Waals surface area (Å²) in [4.78, 5) is 27.9. The van der Waals surface area contributed by atoms with E-state index in [0.717, 1.165) is 17.8 Å². The molecule has 1 amide bonds. The molecule has 0 fully saturated rings. The zero-order chi connectivity index (χ0) is 14.5. The molecule has 104 valence electrons. The summed E-state index contributed by atoms with van der Waals surface area (Å²) in [5, 5.41) is 2.82. The van der Waals surface area contributed by atoms with Crippen molar-refractivity contribution in [2.45, 2.75) is 6.54 Å². The van der Waals surface area contributed by atoms with Crippen molar-refractivity contribution in [2.24, 2.45) is 0 Å². The average molecular weight is 271 g/mol. The van der Waals surface area contributed by atoms with E-state index >= 15 is 0 Å². The van der Waals surface area contributed by atoms with Crippen LogP contribution >= 0.6 is 0 Å². The van der Waals surface area contributed by atoms with Gasteiger partial charge in [-0.3, -0.25) is 9.59 Å². The first-order valence-corrected chi connectivity index (χ1v) is 6.29. The normalized spacial score (nSPS) is 10.6. The van der Waals surface area contributed by atoms with Crippen LogP contribution in [-0.2, 0) is 6.54 Å². The van der Waals surface area contributed by atoms with Gasteiger partial charge in [0.05, 0.1) is 0 Å². The van der Waals surface area contributed by atoms with Gasteiger partial charge in [0.2, 0.25) is 5.56 Å². The van der Waals surface area contributed by atoms with Gasteiger partial charge < -0.3 is 15.2 Å². The van der Waals surface area contributed by atoms with Gasteiger partial charge in [-0.2, -0.15) is 0 Å². The number of benzene rings is 1. The lowest BCUT2D eigenvalue weighted by molar-refractivity contribution is 0.102. The van der Waals surface area contributed by atoms with Crippen LogP contribution in [0.2, 0.25) is 0 Å². The smallest absolute Gasteiger partial charge is 0.272 e. The number of rotatable bonds is 4. The number of H-pyrrole nitrogens is 1. The third kappa shape index (κ3) is 3.55. The Morgan fingerprint density at radius 1 is 1.15 bits per heavy atom. The Hall–Kier alpha value is -2.40. The highest BCUT2D eigenvalue weighted by atomic mass is 16.2. The standard InChI is InChI=1S/C15H17N3O2/c1-18(2)10-11-6-3-4-7-12(11)17-15(20)13-8-5-9-14(19)16-13/h3-9H,10H2,1-2H3,(H,16,19)(H,17,20). The van der Waals surface area contributed by atoms with E-state index < -0.39 is 0 Å². The van der Waals surface area contributed by atoms with Gasteiger partial charge in [-0.15, -0.1) is 0 Å². The molecule has 0 spiro atoms. The van der Waals surface area contributed by atoms with E-state index in [1.165, 1.54) is 6.07 Å². The molecule has 2 N–H and O–H groups in total. The van der Waals surface area contributed by atoms with Crippen molar-refractivity contribution in [1.29, 1.82) is 0 Å². The van der Waals surface area contributed by atoms with Crippen molar-refractivity contribution in [2.75, 3.05) is 19.4 Å². The van der Waals surface area contributed by atoms with Crippen LogP contribution in [-0.4, -0.2) is 29.9 Å². The van der Waals surface area contributed by atoms with Crippen molar-refractivity contribution >= 4 is 11.6 Å². The predicted molar refractivity (Wildman–Crippen MR) is 78.8 cm³/mol. The number of hydrogen-bond acceptors (Lipinski definition) is 3. The number of hydrogen-bond donors (Lipinski definition) is 2. The molecule has 0 saturated carbocycles. The van der Waals surface area contributed by atoms with Crippen molar-refractivity contribution in [3.05, 3.63) is 64.1 Å². The summed E-state index contributed by atoms with van der Waals surface area (Å²) in [5.74, 6) is -0.325. The molecular formula is C15H17N3O2. The lowest BCUT2D eigenvalue weighted by Gasteiger charge is -2.14. The second-order valence-corrected chi connectivity index (χ2v) is 4.78. The second-order valence-electron chi connectivity index (χ2n) is 4.78. The van der Waals surface area contributed by atoms with Gasteiger partial charge >= 0.3 is 0 Å². The number of aromatic amines is 1. The number of aromatic nitrogens is 1. The van der Waals surface area contributed by atoms with Crippen LogP contribution in [0, 0.1) is 0 Å². The van der Waals surface area contributed by atoms with E-state index in [1.54, 1.807) is 12.1 Å². The maximum Gasteiger partial charge on any atom is 0.272 e. The second kappa shape index (κ2) is 6.16. The highest BCUT2D eigenvalue weighted by Gasteiger charge is 2.09. The molecule has 20 heavy (non-hydrogen) atoms. The summed E-state index contributed by atoms with van der Waals surface area (Å²) in [6, 6.07) is 12.1. The summed E-state index contributed by atoms with van der Waals surface area (Å²) in [6.45, 7) is 0.724. The van der Waals surface area contributed by atoms with Crippen LogP contribution in [0.25, 0.3) is 0 Å². The van der Waals surface area contributed by atoms with Gasteiger partial charge in [0.15, 0.2) is 0 Å². The minimum Gasteiger partial charge on any atom is -0.320 e. The Morgan fingerprint density at radius 2 is 1.90 bits per heavy atom. The number of pyridine rings is 1. The summed E-state index contributed by atoms with van der Waals surface area (Å²) >= 11 is 0. The molecule has 5 heteroatoms. The number of para-hydroxylation sites is 1. The molecule has 0 aliphatic rings. The van der Waals surface area contributed by atoms with E-state index in [4.69, 9.17) is 0 Å². The Labute approximate surface area is 117 Å². The van der Waals surface area contributed by atoms with Gasteiger partial charge in [-0.1, -0.05) is 24.3 Å². The zero-order valence-electron chi connectivity index (χ0n) is 11.5. The first-order chi connectivity index (χ1) is 9.56. The lowest BCUT2D eigenvalue weighted by atomic mass is 10.1. The molecule has 2 rings (SSSR count). The summed E-state index contributed by atoms with van der Waals surface area (Å²) in [5.41, 5.74) is 1.72. The third-order valence-corrected chi connectivity index (χ3v) is 2.77. The SMILES string of the molecule is CN(C)Cc1ccccc1NC(=O)c1cccc(=O)[nH]1. The summed E-state index contributed by atoms with van der Waals surface area (Å²) in [6.07, 6.45) is 0. The Kier molecular flexibility index (Phi) is 4.32. The van der Waals surface area contributed by atoms with E-state index in [9.17, 15) is 9.59 Å². The Morgan fingerprint density at radius 3 is 2.60 bits per heavy atom. The first kappa shape index (κ1) is 14.0. The van der Waals surface area contributed by atoms with Gasteiger partial charge in [0.1, 0.15) is 5.69 Å². The fourth-order valence-corrected chi connectivity index (χ4v) is 1.89. The van der Waals surface area contributed by atoms with Crippen LogP contribution in [0.4, 0.5) is 5.69 Å². The molecule has 0 radical (unpaired) electrons. The van der Waals surface area contributed by atoms with E-state index in [-0.39, 0.29) is 17.2 Å². The number of carbonyl (C=O) groups is 1. The molecule has 0 atom stereocenters. The van der Waals surface area contributed by atoms with E-state index in [1.807, 2.05) is 43.3 Å². The number of carbonyl (C=O) groups excluding carboxylic acids is 1. The minimum atomic E-state index is -0.325. The van der Waals surface area contributed by atoms with E-state index in [2.05, 4.69) is 10.3 Å². The topological polar surface area (TPSA) is 65.2 Å². The van der Waals surface area contributed by atoms with Crippen LogP contribution in [0.15, 0.2) is 47.3 Å². The maximum absolute atomic E-state index is 12.1. The zero-order valence-corrected chi connectivity index (χ0v) is 11.5. The van der Waals surface area contributed by atoms with Crippen molar-refractivity contribution < 1.29 is 4.79 Å². The minimum absolute atomic E-state index is 0.247. The van der Waals surface area contributed by atoms with Crippen molar-refractivity contribution in [3.63, 3.8) is 0 Å².